The van der Waals surface area contributed by atoms with Gasteiger partial charge in [-0.1, -0.05) is 35.4 Å². The van der Waals surface area contributed by atoms with Crippen LogP contribution in [0.5, 0.6) is 5.75 Å². The van der Waals surface area contributed by atoms with Gasteiger partial charge in [-0.15, -0.1) is 0 Å². The van der Waals surface area contributed by atoms with Crippen molar-refractivity contribution >= 4 is 40.7 Å². The van der Waals surface area contributed by atoms with E-state index in [1.165, 1.54) is 11.0 Å². The summed E-state index contributed by atoms with van der Waals surface area (Å²) in [5, 5.41) is 10.7. The van der Waals surface area contributed by atoms with Gasteiger partial charge in [0, 0.05) is 27.7 Å². The van der Waals surface area contributed by atoms with Gasteiger partial charge in [0.25, 0.3) is 0 Å². The van der Waals surface area contributed by atoms with Gasteiger partial charge in [0.15, 0.2) is 11.6 Å². The smallest absolute Gasteiger partial charge is 0.238 e. The number of carbonyl (C=O) groups is 4. The van der Waals surface area contributed by atoms with Crippen molar-refractivity contribution < 1.29 is 24.3 Å². The van der Waals surface area contributed by atoms with E-state index in [0.29, 0.717) is 39.4 Å². The van der Waals surface area contributed by atoms with E-state index in [9.17, 15) is 24.3 Å². The highest BCUT2D eigenvalue weighted by Crippen LogP contribution is 2.55. The Morgan fingerprint density at radius 3 is 2.44 bits per heavy atom. The van der Waals surface area contributed by atoms with Crippen LogP contribution in [-0.2, 0) is 19.2 Å². The number of anilines is 1. The number of aromatic hydroxyl groups is 1. The molecule has 7 heteroatoms. The minimum atomic E-state index is -0.642. The fraction of sp³-hybridized carbons (Fsp3) is 0.241. The monoisotopic (exact) mass is 499 g/mol. The molecule has 6 nitrogen and oxygen atoms in total. The number of nitrogens with zero attached hydrogens (tertiary/aromatic N) is 1. The molecule has 4 unspecified atom stereocenters. The van der Waals surface area contributed by atoms with E-state index in [-0.39, 0.29) is 35.6 Å². The van der Waals surface area contributed by atoms with Gasteiger partial charge in [0.05, 0.1) is 17.5 Å². The van der Waals surface area contributed by atoms with Gasteiger partial charge >= 0.3 is 0 Å². The fourth-order valence-electron chi connectivity index (χ4n) is 6.29. The number of phenolic OH excluding ortho intramolecular Hbond substituents is 1. The van der Waals surface area contributed by atoms with E-state index >= 15 is 0 Å². The minimum Gasteiger partial charge on any atom is -0.508 e. The Labute approximate surface area is 212 Å². The third kappa shape index (κ3) is 3.24. The van der Waals surface area contributed by atoms with Gasteiger partial charge < -0.3 is 5.11 Å². The lowest BCUT2D eigenvalue weighted by molar-refractivity contribution is -0.123. The van der Waals surface area contributed by atoms with Crippen LogP contribution in [0.25, 0.3) is 0 Å². The van der Waals surface area contributed by atoms with Crippen molar-refractivity contribution in [3.63, 3.8) is 0 Å². The molecule has 1 aliphatic heterocycles. The third-order valence-electron chi connectivity index (χ3n) is 7.85. The molecule has 4 aliphatic rings. The summed E-state index contributed by atoms with van der Waals surface area (Å²) < 4.78 is 0. The van der Waals surface area contributed by atoms with E-state index in [0.717, 1.165) is 5.57 Å². The molecule has 0 radical (unpaired) electrons. The number of Topliss-reactive ketones (excluding diaryl/α,β-unsaturated/α-hetero) is 1. The molecule has 0 bridgehead atoms. The highest BCUT2D eigenvalue weighted by molar-refractivity contribution is 6.31. The average Bonchev–Trinajstić information content (AvgIpc) is 3.12. The zero-order valence-corrected chi connectivity index (χ0v) is 20.2. The zero-order chi connectivity index (χ0) is 25.3. The van der Waals surface area contributed by atoms with E-state index in [1.807, 2.05) is 12.1 Å². The predicted octanol–water partition coefficient (Wildman–Crippen LogP) is 4.68. The van der Waals surface area contributed by atoms with Gasteiger partial charge in [-0.3, -0.25) is 24.1 Å². The van der Waals surface area contributed by atoms with Gasteiger partial charge in [-0.25, -0.2) is 0 Å². The van der Waals surface area contributed by atoms with E-state index < -0.39 is 23.7 Å². The van der Waals surface area contributed by atoms with Crippen LogP contribution >= 0.6 is 11.6 Å². The van der Waals surface area contributed by atoms with Gasteiger partial charge in [0.2, 0.25) is 11.8 Å². The van der Waals surface area contributed by atoms with Crippen molar-refractivity contribution in [2.75, 3.05) is 4.90 Å². The number of rotatable bonds is 2. The number of amides is 2. The number of allylic oxidation sites excluding steroid dienone is 6. The predicted molar refractivity (Wildman–Crippen MR) is 133 cm³/mol. The number of ketones is 2. The molecular formula is C29H22ClNO5. The quantitative estimate of drug-likeness (QED) is 0.368. The number of phenols is 1. The van der Waals surface area contributed by atoms with E-state index in [1.54, 1.807) is 49.4 Å². The number of hydrogen-bond acceptors (Lipinski definition) is 5. The molecule has 1 heterocycles. The van der Waals surface area contributed by atoms with Crippen LogP contribution in [0, 0.1) is 17.8 Å². The molecule has 0 saturated carbocycles. The highest BCUT2D eigenvalue weighted by Gasteiger charge is 2.56. The molecule has 4 atom stereocenters. The lowest BCUT2D eigenvalue weighted by atomic mass is 9.59. The van der Waals surface area contributed by atoms with Gasteiger partial charge in [-0.05, 0) is 73.7 Å². The first kappa shape index (κ1) is 22.7. The lowest BCUT2D eigenvalue weighted by Crippen LogP contribution is -2.39. The number of fused-ring (bicyclic) bond motifs is 3. The van der Waals surface area contributed by atoms with Gasteiger partial charge in [0.1, 0.15) is 5.75 Å². The van der Waals surface area contributed by atoms with Crippen LogP contribution in [0.2, 0.25) is 5.02 Å². The fourth-order valence-corrected chi connectivity index (χ4v) is 6.42. The standard InChI is InChI=1S/C29H22ClNO5/c1-14-11-23(33)22-13-21-19(24(26(22)27(14)34)15-3-2-4-18(32)12-15)9-10-20-25(21)29(36)31(28(20)35)17-7-5-16(30)6-8-17/h2-9,11-12,20-21,24-25,32H,10,13H2,1H3. The van der Waals surface area contributed by atoms with Crippen LogP contribution in [0.3, 0.4) is 0 Å². The Morgan fingerprint density at radius 1 is 0.972 bits per heavy atom. The average molecular weight is 500 g/mol. The number of carbonyl (C=O) groups excluding carboxylic acids is 4. The summed E-state index contributed by atoms with van der Waals surface area (Å²) in [6.07, 6.45) is 3.91. The van der Waals surface area contributed by atoms with Crippen molar-refractivity contribution in [3.05, 3.63) is 93.6 Å². The zero-order valence-electron chi connectivity index (χ0n) is 19.4. The second kappa shape index (κ2) is 8.14. The summed E-state index contributed by atoms with van der Waals surface area (Å²) in [6.45, 7) is 1.63. The minimum absolute atomic E-state index is 0.0499. The summed E-state index contributed by atoms with van der Waals surface area (Å²) in [7, 11) is 0. The SMILES string of the molecule is CC1=CC(=O)C2=C(C1=O)C(c1cccc(O)c1)C1=CCC3C(=O)N(c4ccc(Cl)cc4)C(=O)C3C1C2. The van der Waals surface area contributed by atoms with Crippen LogP contribution < -0.4 is 4.90 Å². The second-order valence-corrected chi connectivity index (χ2v) is 10.2. The number of halogens is 1. The Bertz CT molecular complexity index is 1460. The molecule has 1 fully saturated rings. The second-order valence-electron chi connectivity index (χ2n) is 9.81. The molecule has 3 aliphatic carbocycles. The number of hydrogen-bond donors (Lipinski definition) is 1. The summed E-state index contributed by atoms with van der Waals surface area (Å²) in [4.78, 5) is 54.9. The first-order valence-electron chi connectivity index (χ1n) is 11.9. The third-order valence-corrected chi connectivity index (χ3v) is 8.11. The van der Waals surface area contributed by atoms with Crippen LogP contribution in [0.15, 0.2) is 83.0 Å². The maximum atomic E-state index is 13.8. The first-order valence-corrected chi connectivity index (χ1v) is 12.3. The van der Waals surface area contributed by atoms with E-state index in [4.69, 9.17) is 11.6 Å². The van der Waals surface area contributed by atoms with Crippen molar-refractivity contribution in [1.29, 1.82) is 0 Å². The van der Waals surface area contributed by atoms with Crippen molar-refractivity contribution in [1.82, 2.24) is 0 Å². The molecule has 2 aromatic rings. The molecule has 6 rings (SSSR count). The summed E-state index contributed by atoms with van der Waals surface area (Å²) in [5.74, 6) is -3.12. The topological polar surface area (TPSA) is 91.8 Å². The lowest BCUT2D eigenvalue weighted by Gasteiger charge is -2.42. The summed E-state index contributed by atoms with van der Waals surface area (Å²) in [6, 6.07) is 13.2. The molecule has 1 N–H and O–H groups in total. The Kier molecular flexibility index (Phi) is 5.12. The van der Waals surface area contributed by atoms with Crippen molar-refractivity contribution in [2.24, 2.45) is 17.8 Å². The summed E-state index contributed by atoms with van der Waals surface area (Å²) >= 11 is 6.01. The Hall–Kier alpha value is -3.77. The van der Waals surface area contributed by atoms with Crippen LogP contribution in [-0.4, -0.2) is 28.5 Å². The molecular weight excluding hydrogens is 478 g/mol. The first-order chi connectivity index (χ1) is 17.3. The van der Waals surface area contributed by atoms with E-state index in [2.05, 4.69) is 0 Å². The summed E-state index contributed by atoms with van der Waals surface area (Å²) in [5.41, 5.74) is 3.19. The molecule has 2 aromatic carbocycles. The molecule has 1 saturated heterocycles. The Balaban J connectivity index is 1.48. The number of imide groups is 1. The molecule has 0 spiro atoms. The van der Waals surface area contributed by atoms with Crippen molar-refractivity contribution in [3.8, 4) is 5.75 Å². The molecule has 0 aromatic heterocycles. The highest BCUT2D eigenvalue weighted by atomic mass is 35.5. The van der Waals surface area contributed by atoms with Gasteiger partial charge in [-0.2, -0.15) is 0 Å². The largest absolute Gasteiger partial charge is 0.508 e. The van der Waals surface area contributed by atoms with Crippen molar-refractivity contribution in [2.45, 2.75) is 25.7 Å². The number of benzene rings is 2. The maximum Gasteiger partial charge on any atom is 0.238 e. The normalized spacial score (nSPS) is 27.4. The molecule has 180 valence electrons. The Morgan fingerprint density at radius 2 is 1.72 bits per heavy atom. The maximum absolute atomic E-state index is 13.8. The van der Waals surface area contributed by atoms with Crippen LogP contribution in [0.4, 0.5) is 5.69 Å². The molecule has 36 heavy (non-hydrogen) atoms. The molecule has 2 amide bonds. The van der Waals surface area contributed by atoms with Crippen LogP contribution in [0.1, 0.15) is 31.2 Å².